The highest BCUT2D eigenvalue weighted by atomic mass is 28.3. The molecule has 8 aromatic carbocycles. The van der Waals surface area contributed by atoms with Crippen molar-refractivity contribution >= 4 is 39.8 Å². The molecule has 0 unspecified atom stereocenters. The number of pyridine rings is 4. The molecule has 0 saturated heterocycles. The zero-order chi connectivity index (χ0) is 90.5. The van der Waals surface area contributed by atoms with Gasteiger partial charge in [-0.15, -0.1) is 0 Å². The molecular weight excluding hydrogens is 1340 g/mol. The van der Waals surface area contributed by atoms with Crippen LogP contribution >= 0.6 is 0 Å². The number of nitrogens with zero attached hydrogens (tertiary/aromatic N) is 4. The van der Waals surface area contributed by atoms with E-state index >= 15 is 0 Å². The summed E-state index contributed by atoms with van der Waals surface area (Å²) in [6.07, 6.45) is 6.07. The van der Waals surface area contributed by atoms with Gasteiger partial charge in [0.15, 0.2) is 24.8 Å². The van der Waals surface area contributed by atoms with Gasteiger partial charge in [0.1, 0.15) is 28.2 Å². The summed E-state index contributed by atoms with van der Waals surface area (Å²) in [6.45, 7) is 38.7. The lowest BCUT2D eigenvalue weighted by molar-refractivity contribution is -0.660. The molecule has 7 heteroatoms. The van der Waals surface area contributed by atoms with Gasteiger partial charge in [-0.3, -0.25) is 0 Å². The van der Waals surface area contributed by atoms with Crippen LogP contribution in [0.4, 0.5) is 0 Å². The van der Waals surface area contributed by atoms with Crippen LogP contribution in [0, 0.1) is 102 Å². The zero-order valence-electron chi connectivity index (χ0n) is 82.9. The molecule has 0 aliphatic heterocycles. The highest BCUT2D eigenvalue weighted by Gasteiger charge is 2.31. The molecule has 4 aromatic heterocycles. The molecule has 554 valence electrons. The van der Waals surface area contributed by atoms with Crippen molar-refractivity contribution in [2.45, 2.75) is 183 Å². The predicted molar refractivity (Wildman–Crippen MR) is 472 cm³/mol. The van der Waals surface area contributed by atoms with Gasteiger partial charge >= 0.3 is 0 Å². The van der Waals surface area contributed by atoms with Gasteiger partial charge in [0.25, 0.3) is 0 Å². The zero-order valence-corrected chi connectivity index (χ0v) is 71.9. The molecule has 12 aromatic rings. The van der Waals surface area contributed by atoms with E-state index in [-0.39, 0.29) is 0 Å². The smallest absolute Gasteiger partial charge is 0.201 e. The van der Waals surface area contributed by atoms with Gasteiger partial charge in [-0.2, -0.15) is 0 Å². The molecule has 0 spiro atoms. The van der Waals surface area contributed by atoms with Crippen LogP contribution in [0.25, 0.3) is 89.5 Å². The average Bonchev–Trinajstić information content (AvgIpc) is 0.750. The topological polar surface area (TPSA) is 15.5 Å². The number of hydrogen-bond acceptors (Lipinski definition) is 0. The fraction of sp³-hybridized carbons (Fsp3) is 0.320. The molecule has 0 amide bonds. The number of hydrogen-bond donors (Lipinski definition) is 0. The highest BCUT2D eigenvalue weighted by molar-refractivity contribution is 6.90. The molecule has 4 nitrogen and oxygen atoms in total. The molecule has 107 heavy (non-hydrogen) atoms. The fourth-order valence-electron chi connectivity index (χ4n) is 13.9. The highest BCUT2D eigenvalue weighted by Crippen LogP contribution is 2.36. The second-order valence-corrected chi connectivity index (χ2v) is 49.1. The normalized spacial score (nSPS) is 14.2. The van der Waals surface area contributed by atoms with Gasteiger partial charge in [-0.25, -0.2) is 18.3 Å². The first-order chi connectivity index (χ1) is 55.6. The van der Waals surface area contributed by atoms with Crippen molar-refractivity contribution in [1.29, 1.82) is 0 Å². The summed E-state index contributed by atoms with van der Waals surface area (Å²) < 4.78 is 121. The Morgan fingerprint density at radius 2 is 0.626 bits per heavy atom. The summed E-state index contributed by atoms with van der Waals surface area (Å²) >= 11 is 0. The van der Waals surface area contributed by atoms with Crippen LogP contribution < -0.4 is 33.8 Å². The average molecular weight is 1480 g/mol. The molecular formula is C100H126N4Si3+4. The van der Waals surface area contributed by atoms with E-state index in [1.165, 1.54) is 71.7 Å². The predicted octanol–water partition coefficient (Wildman–Crippen LogP) is 22.9. The summed E-state index contributed by atoms with van der Waals surface area (Å²) in [5, 5.41) is 4.09. The Kier molecular flexibility index (Phi) is 19.9. The SMILES string of the molecule is Cc1ccc(-c2cc(-c3cc(C)cc[n+]3C)c(C)cc2[Si](C)(C)C)cc1.[2H]C([2H])([2H])c1c[n+](C)c(-c2cc(-c3ccc(C)cc3)c(C([2H])([2H])[2H])cc2C)cc1C.[2H]C([2H])([2H])c1cc(C)c(-c2cc(C([2H])([2H])C(C)(C)C)c([Si](C)(C)C)c[n+]2C)cc1-c1ccc(C)cc1.[2H]C([2H])([2H])c1ccc(-c2cc(-c3ccc(C)cc3)c([Si](C)(C)C)cc2C)[n+](C)c1. The molecule has 0 aliphatic carbocycles. The molecule has 0 radical (unpaired) electrons. The molecule has 0 N–H and O–H groups in total. The maximum atomic E-state index is 9.14. The van der Waals surface area contributed by atoms with E-state index < -0.39 is 63.4 Å². The Morgan fingerprint density at radius 3 is 1.01 bits per heavy atom. The number of rotatable bonds is 12. The minimum atomic E-state index is -2.25. The Morgan fingerprint density at radius 1 is 0.280 bits per heavy atom. The maximum absolute atomic E-state index is 9.14. The Balaban J connectivity index is 0.000000185. The van der Waals surface area contributed by atoms with Gasteiger partial charge < -0.3 is 0 Å². The van der Waals surface area contributed by atoms with Crippen LogP contribution in [-0.4, -0.2) is 24.2 Å². The lowest BCUT2D eigenvalue weighted by atomic mass is 9.87. The number of aromatic nitrogens is 4. The van der Waals surface area contributed by atoms with Crippen molar-refractivity contribution in [1.82, 2.24) is 0 Å². The van der Waals surface area contributed by atoms with Gasteiger partial charge in [0.2, 0.25) is 22.8 Å². The van der Waals surface area contributed by atoms with Crippen LogP contribution in [0.1, 0.15) is 123 Å². The van der Waals surface area contributed by atoms with E-state index in [0.29, 0.717) is 38.9 Å². The maximum Gasteiger partial charge on any atom is 0.212 e. The van der Waals surface area contributed by atoms with Gasteiger partial charge in [0.05, 0.1) is 24.2 Å². The molecule has 0 saturated carbocycles. The van der Waals surface area contributed by atoms with Crippen LogP contribution in [0.2, 0.25) is 58.9 Å². The van der Waals surface area contributed by atoms with Crippen LogP contribution in [0.15, 0.2) is 207 Å². The van der Waals surface area contributed by atoms with Crippen LogP contribution in [-0.2, 0) is 34.6 Å². The van der Waals surface area contributed by atoms with Crippen molar-refractivity contribution in [3.8, 4) is 89.5 Å². The van der Waals surface area contributed by atoms with E-state index in [1.807, 2.05) is 153 Å². The molecule has 12 rings (SSSR count). The molecule has 0 bridgehead atoms. The van der Waals surface area contributed by atoms with Crippen molar-refractivity contribution in [3.05, 3.63) is 290 Å². The number of benzene rings is 8. The van der Waals surface area contributed by atoms with Crippen LogP contribution in [0.5, 0.6) is 0 Å². The summed E-state index contributed by atoms with van der Waals surface area (Å²) in [6, 6.07) is 62.3. The quantitative estimate of drug-likeness (QED) is 0.0856. The minimum Gasteiger partial charge on any atom is -0.201 e. The largest absolute Gasteiger partial charge is 0.212 e. The van der Waals surface area contributed by atoms with E-state index in [0.717, 1.165) is 77.9 Å². The molecule has 4 heterocycles. The second-order valence-electron chi connectivity index (χ2n) is 34.0. The summed E-state index contributed by atoms with van der Waals surface area (Å²) in [5.41, 5.74) is 29.0. The summed E-state index contributed by atoms with van der Waals surface area (Å²) in [7, 11) is 2.97. The van der Waals surface area contributed by atoms with E-state index in [2.05, 4.69) is 207 Å². The van der Waals surface area contributed by atoms with Crippen molar-refractivity contribution in [3.63, 3.8) is 0 Å². The van der Waals surface area contributed by atoms with Crippen LogP contribution in [0.3, 0.4) is 0 Å². The Labute approximate surface area is 669 Å². The fourth-order valence-corrected chi connectivity index (χ4v) is 18.8. The third kappa shape index (κ3) is 20.2. The van der Waals surface area contributed by atoms with Crippen molar-refractivity contribution in [2.24, 2.45) is 33.6 Å². The molecule has 0 fully saturated rings. The number of aryl methyl sites for hydroxylation is 18. The molecule has 0 aliphatic rings. The lowest BCUT2D eigenvalue weighted by Crippen LogP contribution is -2.47. The van der Waals surface area contributed by atoms with E-state index in [1.54, 1.807) is 42.1 Å². The third-order valence-electron chi connectivity index (χ3n) is 20.1. The first-order valence-corrected chi connectivity index (χ1v) is 48.0. The summed E-state index contributed by atoms with van der Waals surface area (Å²) in [5.74, 6) is 0. The standard InChI is InChI=1S/C29H40NSi.2C24H30NSi.C23H26N/c1-20-11-13-23(14-12-20)25-17-26(22(3)15-21(25)2)27-16-24(18-29(4,5)6)28(19-30(27)7)31(8,9)10;1-17-8-11-20(12-9-17)22-15-21(19(3)14-24(22)26(5,6)7)23-13-10-18(2)16-25(23)4;1-17-8-10-20(11-9-17)22-16-21(19(3)15-24(22)26(5,6)7)23-14-18(2)12-13-25(23)4;1-15-7-9-20(10-8-15)21-13-22(18(4)11-17(21)3)23-12-16(2)19(5)14-24(23)6/h11-17,19H,18H2,1-10H3;2*8-16H,1-7H3;7-14H,1-6H3/q4*+1/i2D3,18D2;2D3;;3D3,5D3. The van der Waals surface area contributed by atoms with Gasteiger partial charge in [-0.1, -0.05) is 234 Å². The Hall–Kier alpha value is -8.99. The van der Waals surface area contributed by atoms with Crippen molar-refractivity contribution in [2.75, 3.05) is 0 Å². The Bertz CT molecular complexity index is 5790. The third-order valence-corrected chi connectivity index (χ3v) is 26.2. The first kappa shape index (κ1) is 64.0. The molecule has 0 atom stereocenters. The van der Waals surface area contributed by atoms with Gasteiger partial charge in [0, 0.05) is 88.1 Å². The van der Waals surface area contributed by atoms with E-state index in [9.17, 15) is 0 Å². The van der Waals surface area contributed by atoms with Crippen molar-refractivity contribution < 1.29 is 37.5 Å². The first-order valence-electron chi connectivity index (χ1n) is 44.5. The van der Waals surface area contributed by atoms with Gasteiger partial charge in [-0.05, 0) is 233 Å². The second kappa shape index (κ2) is 33.2. The van der Waals surface area contributed by atoms with E-state index in [4.69, 9.17) is 19.2 Å². The monoisotopic (exact) mass is 1480 g/mol. The minimum absolute atomic E-state index is 0.310. The lowest BCUT2D eigenvalue weighted by Gasteiger charge is -2.25. The summed E-state index contributed by atoms with van der Waals surface area (Å²) in [4.78, 5) is 0.